The number of hydrogen-bond acceptors (Lipinski definition) is 5. The molecule has 0 aliphatic rings. The Morgan fingerprint density at radius 3 is 2.12 bits per heavy atom. The molecule has 2 rings (SSSR count). The minimum atomic E-state index is -0.346. The fraction of sp³-hybridized carbons (Fsp3) is 0.333. The smallest absolute Gasteiger partial charge is 0.302 e. The zero-order valence-corrected chi connectivity index (χ0v) is 15.2. The lowest BCUT2D eigenvalue weighted by molar-refractivity contribution is -0.142. The van der Waals surface area contributed by atoms with Crippen molar-refractivity contribution in [1.82, 2.24) is 0 Å². The fourth-order valence-electron chi connectivity index (χ4n) is 2.57. The standard InChI is InChI=1S/C21H24O5/c1-15(22)25-11-3-4-17-5-7-18(8-6-17)12-20-10-9-19(13-21(20)24)14-26-16(2)23/h5-10,13,24H,3-4,11-12,14H2,1-2H3. The predicted molar refractivity (Wildman–Crippen MR) is 97.8 cm³/mol. The van der Waals surface area contributed by atoms with Gasteiger partial charge in [-0.3, -0.25) is 9.59 Å². The van der Waals surface area contributed by atoms with Crippen molar-refractivity contribution in [2.24, 2.45) is 0 Å². The van der Waals surface area contributed by atoms with Gasteiger partial charge in [0, 0.05) is 20.3 Å². The van der Waals surface area contributed by atoms with Crippen molar-refractivity contribution in [2.75, 3.05) is 6.61 Å². The lowest BCUT2D eigenvalue weighted by Gasteiger charge is -2.09. The zero-order valence-electron chi connectivity index (χ0n) is 15.2. The average Bonchev–Trinajstić information content (AvgIpc) is 2.60. The maximum atomic E-state index is 10.8. The van der Waals surface area contributed by atoms with E-state index in [1.807, 2.05) is 24.3 Å². The van der Waals surface area contributed by atoms with Crippen molar-refractivity contribution in [3.05, 3.63) is 64.7 Å². The predicted octanol–water partition coefficient (Wildman–Crippen LogP) is 3.54. The van der Waals surface area contributed by atoms with Gasteiger partial charge in [0.15, 0.2) is 0 Å². The molecule has 0 aliphatic carbocycles. The Morgan fingerprint density at radius 1 is 0.885 bits per heavy atom. The van der Waals surface area contributed by atoms with E-state index in [0.717, 1.165) is 29.5 Å². The third-order valence-electron chi connectivity index (χ3n) is 3.92. The number of rotatable bonds is 8. The first-order chi connectivity index (χ1) is 12.4. The van der Waals surface area contributed by atoms with Gasteiger partial charge < -0.3 is 14.6 Å². The lowest BCUT2D eigenvalue weighted by Crippen LogP contribution is -2.01. The molecule has 0 bridgehead atoms. The van der Waals surface area contributed by atoms with Crippen LogP contribution in [0.25, 0.3) is 0 Å². The molecule has 0 atom stereocenters. The lowest BCUT2D eigenvalue weighted by atomic mass is 10.0. The van der Waals surface area contributed by atoms with Gasteiger partial charge in [-0.2, -0.15) is 0 Å². The summed E-state index contributed by atoms with van der Waals surface area (Å²) in [4.78, 5) is 21.6. The van der Waals surface area contributed by atoms with Gasteiger partial charge in [-0.05, 0) is 41.2 Å². The molecule has 1 N–H and O–H groups in total. The first-order valence-corrected chi connectivity index (χ1v) is 8.59. The van der Waals surface area contributed by atoms with Crippen LogP contribution in [-0.2, 0) is 38.5 Å². The van der Waals surface area contributed by atoms with Crippen LogP contribution in [0, 0.1) is 0 Å². The van der Waals surface area contributed by atoms with E-state index in [4.69, 9.17) is 9.47 Å². The summed E-state index contributed by atoms with van der Waals surface area (Å²) in [5.41, 5.74) is 3.85. The van der Waals surface area contributed by atoms with Gasteiger partial charge in [-0.25, -0.2) is 0 Å². The maximum Gasteiger partial charge on any atom is 0.302 e. The minimum Gasteiger partial charge on any atom is -0.508 e. The summed E-state index contributed by atoms with van der Waals surface area (Å²) >= 11 is 0. The number of phenolic OH excluding ortho intramolecular Hbond substituents is 1. The molecule has 5 heteroatoms. The molecule has 0 aromatic heterocycles. The van der Waals surface area contributed by atoms with E-state index in [1.165, 1.54) is 19.4 Å². The summed E-state index contributed by atoms with van der Waals surface area (Å²) < 4.78 is 9.86. The van der Waals surface area contributed by atoms with E-state index in [0.29, 0.717) is 13.0 Å². The number of esters is 2. The summed E-state index contributed by atoms with van der Waals surface area (Å²) in [6.07, 6.45) is 2.26. The molecule has 0 aliphatic heterocycles. The molecular formula is C21H24O5. The fourth-order valence-corrected chi connectivity index (χ4v) is 2.57. The van der Waals surface area contributed by atoms with Crippen LogP contribution in [-0.4, -0.2) is 23.7 Å². The van der Waals surface area contributed by atoms with Gasteiger partial charge in [0.25, 0.3) is 0 Å². The van der Waals surface area contributed by atoms with E-state index in [1.54, 1.807) is 6.07 Å². The number of phenols is 1. The Hall–Kier alpha value is -2.82. The summed E-state index contributed by atoms with van der Waals surface area (Å²) in [7, 11) is 0. The van der Waals surface area contributed by atoms with Crippen molar-refractivity contribution in [2.45, 2.75) is 39.7 Å². The number of aryl methyl sites for hydroxylation is 1. The van der Waals surface area contributed by atoms with Crippen LogP contribution in [0.5, 0.6) is 5.75 Å². The van der Waals surface area contributed by atoms with E-state index in [2.05, 4.69) is 12.1 Å². The first-order valence-electron chi connectivity index (χ1n) is 8.59. The second kappa shape index (κ2) is 9.61. The number of benzene rings is 2. The molecule has 0 radical (unpaired) electrons. The second-order valence-corrected chi connectivity index (χ2v) is 6.18. The molecule has 0 heterocycles. The molecule has 0 amide bonds. The highest BCUT2D eigenvalue weighted by Crippen LogP contribution is 2.23. The Kier molecular flexibility index (Phi) is 7.21. The van der Waals surface area contributed by atoms with E-state index < -0.39 is 0 Å². The van der Waals surface area contributed by atoms with Gasteiger partial charge in [-0.15, -0.1) is 0 Å². The SMILES string of the molecule is CC(=O)OCCCc1ccc(Cc2ccc(COC(C)=O)cc2O)cc1. The maximum absolute atomic E-state index is 10.8. The third kappa shape index (κ3) is 6.59. The molecule has 0 spiro atoms. The van der Waals surface area contributed by atoms with Gasteiger partial charge >= 0.3 is 11.9 Å². The van der Waals surface area contributed by atoms with Crippen LogP contribution < -0.4 is 0 Å². The van der Waals surface area contributed by atoms with Crippen molar-refractivity contribution in [3.8, 4) is 5.75 Å². The van der Waals surface area contributed by atoms with Crippen LogP contribution in [0.2, 0.25) is 0 Å². The molecule has 26 heavy (non-hydrogen) atoms. The number of aromatic hydroxyl groups is 1. The first kappa shape index (κ1) is 19.5. The second-order valence-electron chi connectivity index (χ2n) is 6.18. The normalized spacial score (nSPS) is 10.4. The van der Waals surface area contributed by atoms with Gasteiger partial charge in [-0.1, -0.05) is 36.4 Å². The molecule has 5 nitrogen and oxygen atoms in total. The highest BCUT2D eigenvalue weighted by Gasteiger charge is 2.06. The number of hydrogen-bond donors (Lipinski definition) is 1. The number of carbonyl (C=O) groups is 2. The van der Waals surface area contributed by atoms with Crippen molar-refractivity contribution >= 4 is 11.9 Å². The molecule has 138 valence electrons. The van der Waals surface area contributed by atoms with E-state index >= 15 is 0 Å². The van der Waals surface area contributed by atoms with Crippen LogP contribution >= 0.6 is 0 Å². The molecular weight excluding hydrogens is 332 g/mol. The summed E-state index contributed by atoms with van der Waals surface area (Å²) in [6.45, 7) is 3.36. The molecule has 2 aromatic rings. The molecule has 0 saturated carbocycles. The summed E-state index contributed by atoms with van der Waals surface area (Å²) in [5, 5.41) is 10.2. The number of carbonyl (C=O) groups excluding carboxylic acids is 2. The molecule has 0 fully saturated rings. The Morgan fingerprint density at radius 2 is 1.50 bits per heavy atom. The molecule has 2 aromatic carbocycles. The monoisotopic (exact) mass is 356 g/mol. The third-order valence-corrected chi connectivity index (χ3v) is 3.92. The minimum absolute atomic E-state index is 0.158. The summed E-state index contributed by atoms with van der Waals surface area (Å²) in [6, 6.07) is 13.5. The highest BCUT2D eigenvalue weighted by atomic mass is 16.5. The van der Waals surface area contributed by atoms with Crippen LogP contribution in [0.4, 0.5) is 0 Å². The van der Waals surface area contributed by atoms with Crippen molar-refractivity contribution < 1.29 is 24.2 Å². The van der Waals surface area contributed by atoms with E-state index in [9.17, 15) is 14.7 Å². The Labute approximate surface area is 153 Å². The van der Waals surface area contributed by atoms with Crippen LogP contribution in [0.1, 0.15) is 42.5 Å². The largest absolute Gasteiger partial charge is 0.508 e. The van der Waals surface area contributed by atoms with Crippen LogP contribution in [0.3, 0.4) is 0 Å². The molecule has 0 saturated heterocycles. The van der Waals surface area contributed by atoms with E-state index in [-0.39, 0.29) is 24.3 Å². The van der Waals surface area contributed by atoms with Crippen molar-refractivity contribution in [1.29, 1.82) is 0 Å². The van der Waals surface area contributed by atoms with Crippen LogP contribution in [0.15, 0.2) is 42.5 Å². The highest BCUT2D eigenvalue weighted by molar-refractivity contribution is 5.66. The van der Waals surface area contributed by atoms with Gasteiger partial charge in [0.05, 0.1) is 6.61 Å². The Balaban J connectivity index is 1.90. The quantitative estimate of drug-likeness (QED) is 0.578. The topological polar surface area (TPSA) is 72.8 Å². The van der Waals surface area contributed by atoms with Gasteiger partial charge in [0.2, 0.25) is 0 Å². The van der Waals surface area contributed by atoms with Gasteiger partial charge in [0.1, 0.15) is 12.4 Å². The van der Waals surface area contributed by atoms with Crippen molar-refractivity contribution in [3.63, 3.8) is 0 Å². The Bertz CT molecular complexity index is 749. The molecule has 0 unspecified atom stereocenters. The summed E-state index contributed by atoms with van der Waals surface area (Å²) in [5.74, 6) is -0.402. The zero-order chi connectivity index (χ0) is 18.9. The number of ether oxygens (including phenoxy) is 2. The average molecular weight is 356 g/mol.